The summed E-state index contributed by atoms with van der Waals surface area (Å²) in [6, 6.07) is 8.80. The number of likely N-dealkylation sites (N-methyl/N-ethyl adjacent to an activating group) is 1. The Kier molecular flexibility index (Phi) is 24.2. The lowest BCUT2D eigenvalue weighted by atomic mass is 9.82. The van der Waals surface area contributed by atoms with Crippen molar-refractivity contribution in [1.82, 2.24) is 9.80 Å². The van der Waals surface area contributed by atoms with E-state index in [0.29, 0.717) is 6.42 Å². The molecule has 4 rings (SSSR count). The number of aliphatic hydroxyl groups is 2. The average molecular weight is 1030 g/mol. The van der Waals surface area contributed by atoms with Gasteiger partial charge in [-0.2, -0.15) is 0 Å². The summed E-state index contributed by atoms with van der Waals surface area (Å²) in [4.78, 5) is 69.3. The van der Waals surface area contributed by atoms with Gasteiger partial charge < -0.3 is 72.1 Å². The molecule has 0 radical (unpaired) electrons. The predicted octanol–water partition coefficient (Wildman–Crippen LogP) is 4.11. The van der Waals surface area contributed by atoms with E-state index in [2.05, 4.69) is 0 Å². The van der Waals surface area contributed by atoms with E-state index >= 15 is 0 Å². The number of nitrogens with zero attached hydrogens (tertiary/aromatic N) is 2. The standard InChI is InChI=1S/C52H84N2O18/c1-14-40(58)68-38-27-42(60)65-31(4)23-24-54(39(57)22-21-35-19-17-16-18-20-35)29-37(56)30(3)25-36(26-43(62-11)63-12)48(49(38)64-13)71-51-46(61)45(53(9)10)47(32(5)67-51)70-44-28-52(8,72-34(7)55)50(33(6)66-44)69-41(59)15-2/h16-20,30-33,36-38,43-51,56,61H,14-15,21-29H2,1-13H3/t30-,31-,32?,33?,36-,37+,38-,44?,45?,46?,47?,48+,49?,50?,51?,52?/m1/s1. The molecule has 3 heterocycles. The Balaban J connectivity index is 1.75. The number of hydrogen-bond acceptors (Lipinski definition) is 19. The van der Waals surface area contributed by atoms with Crippen LogP contribution in [0.3, 0.4) is 0 Å². The molecule has 0 aromatic heterocycles. The number of β-amino-alcohol motifs (C(OH)–C–C–N with tert-alkyl or cyclic N) is 1. The van der Waals surface area contributed by atoms with Crippen molar-refractivity contribution in [3.63, 3.8) is 0 Å². The molecule has 3 saturated heterocycles. The van der Waals surface area contributed by atoms with Gasteiger partial charge in [0, 0.05) is 79.9 Å². The molecule has 1 aromatic carbocycles. The number of amides is 1. The van der Waals surface area contributed by atoms with Crippen LogP contribution in [0, 0.1) is 11.8 Å². The Morgan fingerprint density at radius 1 is 0.889 bits per heavy atom. The number of methoxy groups -OCH3 is 3. The first-order valence-corrected chi connectivity index (χ1v) is 25.4. The lowest BCUT2D eigenvalue weighted by molar-refractivity contribution is -0.345. The summed E-state index contributed by atoms with van der Waals surface area (Å²) < 4.78 is 67.5. The van der Waals surface area contributed by atoms with Crippen molar-refractivity contribution in [3.05, 3.63) is 35.9 Å². The highest BCUT2D eigenvalue weighted by atomic mass is 16.7. The van der Waals surface area contributed by atoms with Crippen molar-refractivity contribution < 1.29 is 86.3 Å². The van der Waals surface area contributed by atoms with Crippen molar-refractivity contribution in [1.29, 1.82) is 0 Å². The second kappa shape index (κ2) is 28.7. The molecule has 3 fully saturated rings. The highest BCUT2D eigenvalue weighted by Crippen LogP contribution is 2.40. The number of cyclic esters (lactones) is 1. The molecule has 2 N–H and O–H groups in total. The van der Waals surface area contributed by atoms with Crippen LogP contribution in [-0.4, -0.2) is 190 Å². The van der Waals surface area contributed by atoms with E-state index in [1.807, 2.05) is 37.3 Å². The van der Waals surface area contributed by atoms with E-state index in [-0.39, 0.29) is 63.9 Å². The number of aliphatic hydroxyl groups excluding tert-OH is 2. The van der Waals surface area contributed by atoms with E-state index in [1.54, 1.807) is 65.4 Å². The molecular formula is C52H84N2O18. The lowest BCUT2D eigenvalue weighted by Gasteiger charge is -2.51. The van der Waals surface area contributed by atoms with Crippen molar-refractivity contribution in [3.8, 4) is 0 Å². The molecule has 72 heavy (non-hydrogen) atoms. The monoisotopic (exact) mass is 1020 g/mol. The molecule has 20 nitrogen and oxygen atoms in total. The third kappa shape index (κ3) is 17.1. The largest absolute Gasteiger partial charge is 0.462 e. The third-order valence-electron chi connectivity index (χ3n) is 14.0. The molecule has 0 aliphatic carbocycles. The first kappa shape index (κ1) is 60.7. The summed E-state index contributed by atoms with van der Waals surface area (Å²) in [5.74, 6) is -3.78. The van der Waals surface area contributed by atoms with Gasteiger partial charge in [-0.15, -0.1) is 0 Å². The molecule has 20 heteroatoms. The maximum atomic E-state index is 13.9. The zero-order valence-electron chi connectivity index (χ0n) is 44.7. The fourth-order valence-corrected chi connectivity index (χ4v) is 10.1. The first-order chi connectivity index (χ1) is 34.1. The second-order valence-corrected chi connectivity index (χ2v) is 19.9. The Labute approximate surface area is 425 Å². The van der Waals surface area contributed by atoms with Crippen molar-refractivity contribution >= 4 is 29.8 Å². The van der Waals surface area contributed by atoms with Gasteiger partial charge in [-0.05, 0) is 72.0 Å². The van der Waals surface area contributed by atoms with Gasteiger partial charge >= 0.3 is 23.9 Å². The van der Waals surface area contributed by atoms with Gasteiger partial charge in [0.25, 0.3) is 0 Å². The summed E-state index contributed by atoms with van der Waals surface area (Å²) in [5.41, 5.74) is -0.341. The van der Waals surface area contributed by atoms with Crippen LogP contribution in [-0.2, 0) is 82.5 Å². The topological polar surface area (TPSA) is 234 Å². The van der Waals surface area contributed by atoms with Gasteiger partial charge in [-0.1, -0.05) is 51.1 Å². The van der Waals surface area contributed by atoms with Crippen LogP contribution >= 0.6 is 0 Å². The van der Waals surface area contributed by atoms with E-state index in [9.17, 15) is 34.2 Å². The van der Waals surface area contributed by atoms with Crippen LogP contribution in [0.1, 0.15) is 112 Å². The number of benzene rings is 1. The maximum absolute atomic E-state index is 13.9. The average Bonchev–Trinajstić information content (AvgIpc) is 3.32. The van der Waals surface area contributed by atoms with E-state index < -0.39 is 134 Å². The smallest absolute Gasteiger partial charge is 0.309 e. The van der Waals surface area contributed by atoms with Gasteiger partial charge in [-0.3, -0.25) is 24.0 Å². The van der Waals surface area contributed by atoms with Crippen LogP contribution in [0.2, 0.25) is 0 Å². The molecule has 0 spiro atoms. The molecular weight excluding hydrogens is 941 g/mol. The Morgan fingerprint density at radius 2 is 1.54 bits per heavy atom. The number of esters is 4. The van der Waals surface area contributed by atoms with Crippen molar-refractivity contribution in [2.45, 2.75) is 205 Å². The maximum Gasteiger partial charge on any atom is 0.309 e. The van der Waals surface area contributed by atoms with Gasteiger partial charge in [0.1, 0.15) is 30.5 Å². The van der Waals surface area contributed by atoms with Crippen molar-refractivity contribution in [2.75, 3.05) is 48.5 Å². The van der Waals surface area contributed by atoms with Crippen LogP contribution in [0.15, 0.2) is 30.3 Å². The number of aryl methyl sites for hydroxylation is 1. The number of rotatable bonds is 18. The van der Waals surface area contributed by atoms with Gasteiger partial charge in [0.05, 0.1) is 36.9 Å². The quantitative estimate of drug-likeness (QED) is 0.120. The third-order valence-corrected chi connectivity index (χ3v) is 14.0. The fraction of sp³-hybridized carbons (Fsp3) is 0.788. The summed E-state index contributed by atoms with van der Waals surface area (Å²) >= 11 is 0. The predicted molar refractivity (Wildman–Crippen MR) is 260 cm³/mol. The van der Waals surface area contributed by atoms with Gasteiger partial charge in [-0.25, -0.2) is 0 Å². The summed E-state index contributed by atoms with van der Waals surface area (Å²) in [6.45, 7) is 13.4. The molecule has 3 aliphatic heterocycles. The molecule has 410 valence electrons. The second-order valence-electron chi connectivity index (χ2n) is 19.9. The number of carbonyl (C=O) groups is 5. The Morgan fingerprint density at radius 3 is 2.14 bits per heavy atom. The van der Waals surface area contributed by atoms with E-state index in [4.69, 9.17) is 52.1 Å². The molecule has 1 aromatic rings. The molecule has 1 amide bonds. The van der Waals surface area contributed by atoms with Crippen molar-refractivity contribution in [2.24, 2.45) is 11.8 Å². The van der Waals surface area contributed by atoms with Crippen LogP contribution in [0.25, 0.3) is 0 Å². The van der Waals surface area contributed by atoms with E-state index in [0.717, 1.165) is 5.56 Å². The normalized spacial score (nSPS) is 34.4. The molecule has 0 saturated carbocycles. The fourth-order valence-electron chi connectivity index (χ4n) is 10.1. The zero-order chi connectivity index (χ0) is 53.4. The van der Waals surface area contributed by atoms with Gasteiger partial charge in [0.2, 0.25) is 5.91 Å². The molecule has 3 aliphatic rings. The number of ether oxygens (including phenoxy) is 11. The zero-order valence-corrected chi connectivity index (χ0v) is 44.7. The molecule has 10 unspecified atom stereocenters. The van der Waals surface area contributed by atoms with Crippen LogP contribution in [0.4, 0.5) is 0 Å². The summed E-state index contributed by atoms with van der Waals surface area (Å²) in [6.07, 6.45) is -12.6. The number of hydrogen-bond donors (Lipinski definition) is 2. The summed E-state index contributed by atoms with van der Waals surface area (Å²) in [7, 11) is 7.86. The highest BCUT2D eigenvalue weighted by molar-refractivity contribution is 5.76. The molecule has 16 atom stereocenters. The Bertz CT molecular complexity index is 1850. The minimum absolute atomic E-state index is 0.0158. The minimum atomic E-state index is -1.45. The summed E-state index contributed by atoms with van der Waals surface area (Å²) in [5, 5.41) is 24.5. The Hall–Kier alpha value is -3.83. The van der Waals surface area contributed by atoms with E-state index in [1.165, 1.54) is 28.3 Å². The minimum Gasteiger partial charge on any atom is -0.462 e. The number of carbonyl (C=O) groups excluding carboxylic acids is 5. The molecule has 0 bridgehead atoms. The van der Waals surface area contributed by atoms with Crippen LogP contribution < -0.4 is 0 Å². The SMILES string of the molecule is CCC(=O)OC1C(C)OC(OC2C(C)OC(O[C@@H]3C(OC)[C@H](OC(=O)CC)CC(=O)O[C@H](C)CCN(C(=O)CCc4ccccc4)C[C@H](O)[C@H](C)C[C@@H]3CC(OC)OC)C(O)C2N(C)C)CC1(C)OC(C)=O. The van der Waals surface area contributed by atoms with Crippen LogP contribution in [0.5, 0.6) is 0 Å². The lowest BCUT2D eigenvalue weighted by Crippen LogP contribution is -2.66. The highest BCUT2D eigenvalue weighted by Gasteiger charge is 2.55. The van der Waals surface area contributed by atoms with Gasteiger partial charge in [0.15, 0.2) is 30.6 Å². The first-order valence-electron chi connectivity index (χ1n) is 25.4.